The minimum atomic E-state index is 0.0309. The summed E-state index contributed by atoms with van der Waals surface area (Å²) in [7, 11) is 0. The van der Waals surface area contributed by atoms with Crippen molar-refractivity contribution in [1.29, 1.82) is 0 Å². The lowest BCUT2D eigenvalue weighted by Gasteiger charge is -2.35. The van der Waals surface area contributed by atoms with Gasteiger partial charge in [-0.15, -0.1) is 11.3 Å². The van der Waals surface area contributed by atoms with Crippen molar-refractivity contribution in [2.24, 2.45) is 0 Å². The van der Waals surface area contributed by atoms with Gasteiger partial charge in [0.25, 0.3) is 5.91 Å². The molecule has 0 N–H and O–H groups in total. The number of hydrogen-bond donors (Lipinski definition) is 0. The number of hydrogen-bond acceptors (Lipinski definition) is 6. The number of ether oxygens (including phenoxy) is 1. The molecule has 0 atom stereocenters. The Morgan fingerprint density at radius 3 is 2.60 bits per heavy atom. The molecule has 30 heavy (non-hydrogen) atoms. The monoisotopic (exact) mass is 424 g/mol. The first-order valence-electron chi connectivity index (χ1n) is 10.4. The van der Waals surface area contributed by atoms with E-state index in [2.05, 4.69) is 22.9 Å². The maximum absolute atomic E-state index is 12.7. The van der Waals surface area contributed by atoms with Crippen LogP contribution in [0.2, 0.25) is 0 Å². The number of carbonyl (C=O) groups excluding carboxylic acids is 1. The number of carbonyl (C=O) groups is 1. The first kappa shape index (κ1) is 20.6. The van der Waals surface area contributed by atoms with E-state index in [1.54, 1.807) is 11.3 Å². The first-order valence-corrected chi connectivity index (χ1v) is 11.3. The van der Waals surface area contributed by atoms with Crippen LogP contribution in [-0.4, -0.2) is 53.6 Å². The summed E-state index contributed by atoms with van der Waals surface area (Å²) in [6, 6.07) is 8.26. The number of thiophene rings is 1. The molecule has 1 aliphatic heterocycles. The Balaban J connectivity index is 1.40. The van der Waals surface area contributed by atoms with Crippen molar-refractivity contribution >= 4 is 33.3 Å². The van der Waals surface area contributed by atoms with Crippen LogP contribution in [-0.2, 0) is 11.2 Å². The Kier molecular flexibility index (Phi) is 5.90. The number of piperazine rings is 1. The third kappa shape index (κ3) is 4.26. The van der Waals surface area contributed by atoms with Gasteiger partial charge >= 0.3 is 0 Å². The summed E-state index contributed by atoms with van der Waals surface area (Å²) in [5, 5.41) is 1.13. The Morgan fingerprint density at radius 2 is 1.87 bits per heavy atom. The summed E-state index contributed by atoms with van der Waals surface area (Å²) in [5.41, 5.74) is 2.17. The highest BCUT2D eigenvalue weighted by Crippen LogP contribution is 2.31. The second kappa shape index (κ2) is 8.60. The van der Waals surface area contributed by atoms with E-state index in [0.29, 0.717) is 13.1 Å². The topological polar surface area (TPSA) is 58.6 Å². The van der Waals surface area contributed by atoms with Crippen molar-refractivity contribution in [2.45, 2.75) is 34.1 Å². The maximum atomic E-state index is 12.7. The fourth-order valence-corrected chi connectivity index (χ4v) is 4.74. The van der Waals surface area contributed by atoms with Crippen molar-refractivity contribution in [1.82, 2.24) is 14.9 Å². The fourth-order valence-electron chi connectivity index (χ4n) is 3.74. The molecule has 0 radical (unpaired) electrons. The average molecular weight is 425 g/mol. The molecule has 2 aromatic heterocycles. The summed E-state index contributed by atoms with van der Waals surface area (Å²) in [5.74, 6) is 2.60. The minimum Gasteiger partial charge on any atom is -0.483 e. The second-order valence-corrected chi connectivity index (χ2v) is 8.92. The van der Waals surface area contributed by atoms with Crippen molar-refractivity contribution in [3.63, 3.8) is 0 Å². The molecule has 4 rings (SSSR count). The lowest BCUT2D eigenvalue weighted by Crippen LogP contribution is -2.50. The van der Waals surface area contributed by atoms with Gasteiger partial charge in [0.05, 0.1) is 5.39 Å². The highest BCUT2D eigenvalue weighted by Gasteiger charge is 2.24. The van der Waals surface area contributed by atoms with Crippen LogP contribution in [0.15, 0.2) is 24.3 Å². The summed E-state index contributed by atoms with van der Waals surface area (Å²) >= 11 is 1.74. The Hall–Kier alpha value is -2.67. The van der Waals surface area contributed by atoms with Crippen LogP contribution in [0.5, 0.6) is 5.75 Å². The minimum absolute atomic E-state index is 0.0309. The summed E-state index contributed by atoms with van der Waals surface area (Å²) in [4.78, 5) is 28.6. The number of nitrogens with zero attached hydrogens (tertiary/aromatic N) is 4. The normalized spacial score (nSPS) is 14.4. The van der Waals surface area contributed by atoms with Gasteiger partial charge in [-0.2, -0.15) is 0 Å². The van der Waals surface area contributed by atoms with E-state index in [9.17, 15) is 4.79 Å². The predicted molar refractivity (Wildman–Crippen MR) is 122 cm³/mol. The van der Waals surface area contributed by atoms with E-state index in [-0.39, 0.29) is 12.5 Å². The molecule has 1 saturated heterocycles. The van der Waals surface area contributed by atoms with Gasteiger partial charge in [0.1, 0.15) is 22.2 Å². The third-order valence-electron chi connectivity index (χ3n) is 5.51. The summed E-state index contributed by atoms with van der Waals surface area (Å²) < 4.78 is 5.81. The van der Waals surface area contributed by atoms with Crippen molar-refractivity contribution in [3.8, 4) is 5.75 Å². The summed E-state index contributed by atoms with van der Waals surface area (Å²) in [6.45, 7) is 11.1. The molecule has 1 amide bonds. The summed E-state index contributed by atoms with van der Waals surface area (Å²) in [6.07, 6.45) is 1.00. The zero-order valence-electron chi connectivity index (χ0n) is 18.1. The molecule has 3 aromatic rings. The molecular formula is C23H28N4O2S. The largest absolute Gasteiger partial charge is 0.483 e. The number of amides is 1. The number of benzene rings is 1. The first-order chi connectivity index (χ1) is 14.4. The SMILES string of the molecule is CCc1cc2c(N3CCN(C(=O)COc4cc(C)ccc4C)CC3)nc(C)nc2s1. The van der Waals surface area contributed by atoms with Crippen LogP contribution in [0.4, 0.5) is 5.82 Å². The molecule has 1 aromatic carbocycles. The third-order valence-corrected chi connectivity index (χ3v) is 6.68. The van der Waals surface area contributed by atoms with Crippen molar-refractivity contribution < 1.29 is 9.53 Å². The van der Waals surface area contributed by atoms with Gasteiger partial charge in [0, 0.05) is 31.1 Å². The number of anilines is 1. The van der Waals surface area contributed by atoms with Crippen LogP contribution in [0.25, 0.3) is 10.2 Å². The van der Waals surface area contributed by atoms with Crippen LogP contribution >= 0.6 is 11.3 Å². The van der Waals surface area contributed by atoms with E-state index >= 15 is 0 Å². The van der Waals surface area contributed by atoms with E-state index < -0.39 is 0 Å². The molecule has 0 spiro atoms. The molecule has 0 bridgehead atoms. The van der Waals surface area contributed by atoms with Gasteiger partial charge < -0.3 is 14.5 Å². The molecule has 1 fully saturated rings. The maximum Gasteiger partial charge on any atom is 0.260 e. The molecule has 0 saturated carbocycles. The Morgan fingerprint density at radius 1 is 1.10 bits per heavy atom. The van der Waals surface area contributed by atoms with Crippen molar-refractivity contribution in [2.75, 3.05) is 37.7 Å². The molecule has 0 aliphatic carbocycles. The molecular weight excluding hydrogens is 396 g/mol. The lowest BCUT2D eigenvalue weighted by molar-refractivity contribution is -0.133. The van der Waals surface area contributed by atoms with E-state index in [1.165, 1.54) is 4.88 Å². The highest BCUT2D eigenvalue weighted by molar-refractivity contribution is 7.18. The second-order valence-electron chi connectivity index (χ2n) is 7.80. The van der Waals surface area contributed by atoms with Gasteiger partial charge in [-0.3, -0.25) is 4.79 Å². The highest BCUT2D eigenvalue weighted by atomic mass is 32.1. The van der Waals surface area contributed by atoms with Gasteiger partial charge in [0.2, 0.25) is 0 Å². The molecule has 1 aliphatic rings. The molecule has 158 valence electrons. The van der Waals surface area contributed by atoms with Crippen LogP contribution < -0.4 is 9.64 Å². The lowest BCUT2D eigenvalue weighted by atomic mass is 10.1. The standard InChI is InChI=1S/C23H28N4O2S/c1-5-18-13-19-22(24-17(4)25-23(19)30-18)27-10-8-26(9-11-27)21(28)14-29-20-12-15(2)6-7-16(20)3/h6-7,12-13H,5,8-11,14H2,1-4H3. The predicted octanol–water partition coefficient (Wildman–Crippen LogP) is 3.91. The number of aryl methyl sites for hydroxylation is 4. The van der Waals surface area contributed by atoms with E-state index in [4.69, 9.17) is 9.72 Å². The van der Waals surface area contributed by atoms with Crippen LogP contribution in [0, 0.1) is 20.8 Å². The van der Waals surface area contributed by atoms with Gasteiger partial charge in [-0.05, 0) is 50.5 Å². The zero-order valence-corrected chi connectivity index (χ0v) is 18.9. The molecule has 3 heterocycles. The van der Waals surface area contributed by atoms with Crippen LogP contribution in [0.3, 0.4) is 0 Å². The fraction of sp³-hybridized carbons (Fsp3) is 0.435. The van der Waals surface area contributed by atoms with Gasteiger partial charge in [0.15, 0.2) is 6.61 Å². The quantitative estimate of drug-likeness (QED) is 0.622. The number of rotatable bonds is 5. The average Bonchev–Trinajstić information content (AvgIpc) is 3.16. The number of aromatic nitrogens is 2. The molecule has 6 nitrogen and oxygen atoms in total. The molecule has 7 heteroatoms. The Labute approximate surface area is 181 Å². The van der Waals surface area contributed by atoms with Gasteiger partial charge in [-0.25, -0.2) is 9.97 Å². The van der Waals surface area contributed by atoms with Crippen molar-refractivity contribution in [3.05, 3.63) is 46.1 Å². The number of fused-ring (bicyclic) bond motifs is 1. The molecule has 0 unspecified atom stereocenters. The zero-order chi connectivity index (χ0) is 21.3. The Bertz CT molecular complexity index is 1070. The van der Waals surface area contributed by atoms with E-state index in [1.807, 2.05) is 43.9 Å². The smallest absolute Gasteiger partial charge is 0.260 e. The van der Waals surface area contributed by atoms with E-state index in [0.717, 1.165) is 58.2 Å². The van der Waals surface area contributed by atoms with Gasteiger partial charge in [-0.1, -0.05) is 19.1 Å². The van der Waals surface area contributed by atoms with Crippen LogP contribution in [0.1, 0.15) is 28.8 Å².